The van der Waals surface area contributed by atoms with Gasteiger partial charge in [0.2, 0.25) is 0 Å². The van der Waals surface area contributed by atoms with Crippen LogP contribution in [0.5, 0.6) is 0 Å². The van der Waals surface area contributed by atoms with Crippen molar-refractivity contribution in [2.24, 2.45) is 0 Å². The van der Waals surface area contributed by atoms with Gasteiger partial charge in [0.25, 0.3) is 0 Å². The lowest BCUT2D eigenvalue weighted by molar-refractivity contribution is -0.137. The van der Waals surface area contributed by atoms with Gasteiger partial charge >= 0.3 is 18.2 Å². The second kappa shape index (κ2) is 7.51. The number of hydrogen-bond donors (Lipinski definition) is 3. The Morgan fingerprint density at radius 3 is 2.57 bits per heavy atom. The number of aryl methyl sites for hydroxylation is 1. The van der Waals surface area contributed by atoms with E-state index in [0.29, 0.717) is 17.7 Å². The molecule has 0 unspecified atom stereocenters. The minimum atomic E-state index is -4.32. The first-order valence-corrected chi connectivity index (χ1v) is 6.18. The van der Waals surface area contributed by atoms with Gasteiger partial charge in [0.15, 0.2) is 0 Å². The van der Waals surface area contributed by atoms with Gasteiger partial charge in [-0.25, -0.2) is 4.79 Å². The average molecular weight is 304 g/mol. The van der Waals surface area contributed by atoms with Crippen LogP contribution in [-0.4, -0.2) is 29.8 Å². The first kappa shape index (κ1) is 16.8. The quantitative estimate of drug-likeness (QED) is 0.756. The molecule has 116 valence electrons. The van der Waals surface area contributed by atoms with Crippen LogP contribution in [0.15, 0.2) is 24.3 Å². The highest BCUT2D eigenvalue weighted by Crippen LogP contribution is 2.18. The highest BCUT2D eigenvalue weighted by atomic mass is 19.4. The molecule has 0 saturated heterocycles. The normalized spacial score (nSPS) is 11.0. The van der Waals surface area contributed by atoms with E-state index < -0.39 is 31.1 Å². The average Bonchev–Trinajstić information content (AvgIpc) is 2.35. The summed E-state index contributed by atoms with van der Waals surface area (Å²) in [7, 11) is 0. The number of hydrogen-bond acceptors (Lipinski definition) is 2. The second-order valence-corrected chi connectivity index (χ2v) is 4.34. The molecule has 1 aromatic carbocycles. The summed E-state index contributed by atoms with van der Waals surface area (Å²) >= 11 is 0. The number of carbonyl (C=O) groups is 2. The van der Waals surface area contributed by atoms with Crippen LogP contribution in [0.1, 0.15) is 18.4 Å². The van der Waals surface area contributed by atoms with Gasteiger partial charge < -0.3 is 15.7 Å². The maximum Gasteiger partial charge on any atom is 0.390 e. The number of aliphatic carboxylic acids is 1. The molecule has 0 aliphatic heterocycles. The first-order chi connectivity index (χ1) is 9.76. The number of carboxylic acids is 1. The lowest BCUT2D eigenvalue weighted by Gasteiger charge is -2.10. The molecule has 0 fully saturated rings. The number of alkyl halides is 3. The van der Waals surface area contributed by atoms with Crippen molar-refractivity contribution in [3.63, 3.8) is 0 Å². The van der Waals surface area contributed by atoms with E-state index in [1.165, 1.54) is 0 Å². The predicted molar refractivity (Wildman–Crippen MR) is 70.1 cm³/mol. The SMILES string of the molecule is O=C(O)CCc1cccc(NC(=O)NCCC(F)(F)F)c1. The molecule has 21 heavy (non-hydrogen) atoms. The third-order valence-electron chi connectivity index (χ3n) is 2.51. The third-order valence-corrected chi connectivity index (χ3v) is 2.51. The molecule has 0 aliphatic rings. The Morgan fingerprint density at radius 1 is 1.24 bits per heavy atom. The van der Waals surface area contributed by atoms with Crippen molar-refractivity contribution in [2.45, 2.75) is 25.4 Å². The molecular weight excluding hydrogens is 289 g/mol. The largest absolute Gasteiger partial charge is 0.481 e. The summed E-state index contributed by atoms with van der Waals surface area (Å²) < 4.78 is 35.7. The van der Waals surface area contributed by atoms with E-state index in [1.54, 1.807) is 24.3 Å². The number of carbonyl (C=O) groups excluding carboxylic acids is 1. The number of carboxylic acid groups (broad SMARTS) is 1. The zero-order chi connectivity index (χ0) is 15.9. The lowest BCUT2D eigenvalue weighted by atomic mass is 10.1. The molecule has 0 saturated carbocycles. The molecule has 8 heteroatoms. The van der Waals surface area contributed by atoms with Crippen LogP contribution in [0, 0.1) is 0 Å². The molecule has 1 aromatic rings. The van der Waals surface area contributed by atoms with E-state index in [4.69, 9.17) is 5.11 Å². The number of anilines is 1. The number of nitrogens with one attached hydrogen (secondary N) is 2. The first-order valence-electron chi connectivity index (χ1n) is 6.18. The maximum absolute atomic E-state index is 11.9. The molecule has 2 amide bonds. The van der Waals surface area contributed by atoms with E-state index in [1.807, 2.05) is 0 Å². The van der Waals surface area contributed by atoms with E-state index in [0.717, 1.165) is 0 Å². The van der Waals surface area contributed by atoms with Crippen LogP contribution < -0.4 is 10.6 Å². The van der Waals surface area contributed by atoms with Gasteiger partial charge in [-0.05, 0) is 24.1 Å². The Balaban J connectivity index is 2.45. The van der Waals surface area contributed by atoms with Crippen LogP contribution >= 0.6 is 0 Å². The number of halogens is 3. The molecule has 3 N–H and O–H groups in total. The van der Waals surface area contributed by atoms with Crippen molar-refractivity contribution in [1.29, 1.82) is 0 Å². The highest BCUT2D eigenvalue weighted by Gasteiger charge is 2.26. The van der Waals surface area contributed by atoms with Crippen LogP contribution in [0.4, 0.5) is 23.7 Å². The summed E-state index contributed by atoms with van der Waals surface area (Å²) in [5.41, 5.74) is 1.10. The molecule has 0 heterocycles. The Kier molecular flexibility index (Phi) is 6.01. The Hall–Kier alpha value is -2.25. The fourth-order valence-corrected chi connectivity index (χ4v) is 1.55. The minimum Gasteiger partial charge on any atom is -0.481 e. The van der Waals surface area contributed by atoms with Crippen molar-refractivity contribution in [3.05, 3.63) is 29.8 Å². The Morgan fingerprint density at radius 2 is 1.95 bits per heavy atom. The van der Waals surface area contributed by atoms with Crippen molar-refractivity contribution < 1.29 is 27.9 Å². The third kappa shape index (κ3) is 7.81. The molecule has 0 aliphatic carbocycles. The standard InChI is InChI=1S/C13H15F3N2O3/c14-13(15,16)6-7-17-12(21)18-10-3-1-2-9(8-10)4-5-11(19)20/h1-3,8H,4-7H2,(H,19,20)(H2,17,18,21). The van der Waals surface area contributed by atoms with Crippen molar-refractivity contribution in [1.82, 2.24) is 5.32 Å². The van der Waals surface area contributed by atoms with Gasteiger partial charge in [-0.3, -0.25) is 4.79 Å². The smallest absolute Gasteiger partial charge is 0.390 e. The maximum atomic E-state index is 11.9. The topological polar surface area (TPSA) is 78.4 Å². The van der Waals surface area contributed by atoms with Gasteiger partial charge in [-0.2, -0.15) is 13.2 Å². The fraction of sp³-hybridized carbons (Fsp3) is 0.385. The van der Waals surface area contributed by atoms with Gasteiger partial charge in [-0.1, -0.05) is 12.1 Å². The van der Waals surface area contributed by atoms with Gasteiger partial charge in [-0.15, -0.1) is 0 Å². The van der Waals surface area contributed by atoms with Crippen LogP contribution in [0.25, 0.3) is 0 Å². The van der Waals surface area contributed by atoms with Crippen molar-refractivity contribution in [2.75, 3.05) is 11.9 Å². The highest BCUT2D eigenvalue weighted by molar-refractivity contribution is 5.89. The summed E-state index contributed by atoms with van der Waals surface area (Å²) in [6.07, 6.45) is -5.15. The molecule has 0 radical (unpaired) electrons. The molecular formula is C13H15F3N2O3. The summed E-state index contributed by atoms with van der Waals surface area (Å²) in [6.45, 7) is -0.506. The van der Waals surface area contributed by atoms with E-state index in [2.05, 4.69) is 10.6 Å². The zero-order valence-corrected chi connectivity index (χ0v) is 11.0. The van der Waals surface area contributed by atoms with Crippen LogP contribution in [0.3, 0.4) is 0 Å². The van der Waals surface area contributed by atoms with E-state index in [9.17, 15) is 22.8 Å². The monoisotopic (exact) mass is 304 g/mol. The van der Waals surface area contributed by atoms with Crippen molar-refractivity contribution in [3.8, 4) is 0 Å². The summed E-state index contributed by atoms with van der Waals surface area (Å²) in [5.74, 6) is -0.932. The van der Waals surface area contributed by atoms with E-state index >= 15 is 0 Å². The lowest BCUT2D eigenvalue weighted by Crippen LogP contribution is -2.31. The predicted octanol–water partition coefficient (Wildman–Crippen LogP) is 2.78. The molecule has 0 aromatic heterocycles. The minimum absolute atomic E-state index is 0.0404. The number of benzene rings is 1. The van der Waals surface area contributed by atoms with Crippen LogP contribution in [0.2, 0.25) is 0 Å². The second-order valence-electron chi connectivity index (χ2n) is 4.34. The van der Waals surface area contributed by atoms with Crippen LogP contribution in [-0.2, 0) is 11.2 Å². The molecule has 0 spiro atoms. The van der Waals surface area contributed by atoms with Gasteiger partial charge in [0, 0.05) is 18.7 Å². The number of amides is 2. The summed E-state index contributed by atoms with van der Waals surface area (Å²) in [5, 5.41) is 13.1. The van der Waals surface area contributed by atoms with Gasteiger partial charge in [0.05, 0.1) is 6.42 Å². The van der Waals surface area contributed by atoms with E-state index in [-0.39, 0.29) is 6.42 Å². The molecule has 5 nitrogen and oxygen atoms in total. The summed E-state index contributed by atoms with van der Waals surface area (Å²) in [4.78, 5) is 21.9. The molecule has 1 rings (SSSR count). The van der Waals surface area contributed by atoms with Gasteiger partial charge in [0.1, 0.15) is 0 Å². The molecule has 0 bridgehead atoms. The number of urea groups is 1. The fourth-order valence-electron chi connectivity index (χ4n) is 1.55. The Bertz CT molecular complexity index is 504. The molecule has 0 atom stereocenters. The summed E-state index contributed by atoms with van der Waals surface area (Å²) in [6, 6.07) is 5.73. The number of rotatable bonds is 6. The Labute approximate surface area is 119 Å². The zero-order valence-electron chi connectivity index (χ0n) is 11.0. The van der Waals surface area contributed by atoms with Crippen molar-refractivity contribution >= 4 is 17.7 Å².